The number of carbonyl (C=O) groups is 2. The van der Waals surface area contributed by atoms with Crippen molar-refractivity contribution in [3.8, 4) is 11.5 Å². The van der Waals surface area contributed by atoms with Gasteiger partial charge in [-0.2, -0.15) is 0 Å². The first kappa shape index (κ1) is 22.0. The summed E-state index contributed by atoms with van der Waals surface area (Å²) in [6, 6.07) is 8.42. The standard InChI is InChI=1S/C23H20Cl3NO4/c1-30-20-11-21(31-2)18(10-16(20)26)27-17-4-3-5-19(28)23(17)14(9-22(27)29)13-7-6-12(24)8-15(13)25/h6-8,10-11,14H,3-5,9H2,1-2H3. The molecule has 1 aliphatic heterocycles. The van der Waals surface area contributed by atoms with Gasteiger partial charge in [0.25, 0.3) is 0 Å². The van der Waals surface area contributed by atoms with Gasteiger partial charge in [0.05, 0.1) is 24.9 Å². The van der Waals surface area contributed by atoms with Gasteiger partial charge in [-0.25, -0.2) is 0 Å². The summed E-state index contributed by atoms with van der Waals surface area (Å²) in [4.78, 5) is 28.1. The number of ether oxygens (including phenoxy) is 2. The molecule has 31 heavy (non-hydrogen) atoms. The number of amides is 1. The number of rotatable bonds is 4. The second-order valence-corrected chi connectivity index (χ2v) is 8.70. The number of anilines is 1. The number of nitrogens with zero attached hydrogens (tertiary/aromatic N) is 1. The van der Waals surface area contributed by atoms with Crippen LogP contribution in [0.4, 0.5) is 5.69 Å². The van der Waals surface area contributed by atoms with Gasteiger partial charge in [0.2, 0.25) is 5.91 Å². The summed E-state index contributed by atoms with van der Waals surface area (Å²) in [5.74, 6) is 0.308. The minimum atomic E-state index is -0.420. The second-order valence-electron chi connectivity index (χ2n) is 7.45. The van der Waals surface area contributed by atoms with Gasteiger partial charge in [0.15, 0.2) is 5.78 Å². The predicted octanol–water partition coefficient (Wildman–Crippen LogP) is 6.19. The minimum absolute atomic E-state index is 0.0216. The monoisotopic (exact) mass is 479 g/mol. The quantitative estimate of drug-likeness (QED) is 0.523. The van der Waals surface area contributed by atoms with Crippen molar-refractivity contribution in [2.75, 3.05) is 19.1 Å². The molecule has 1 aliphatic carbocycles. The Morgan fingerprint density at radius 2 is 1.68 bits per heavy atom. The number of allylic oxidation sites excluding steroid dienone is 2. The number of Topliss-reactive ketones (excluding diaryl/α,β-unsaturated/α-hetero) is 1. The maximum Gasteiger partial charge on any atom is 0.232 e. The lowest BCUT2D eigenvalue weighted by Gasteiger charge is -2.39. The van der Waals surface area contributed by atoms with E-state index in [1.807, 2.05) is 0 Å². The predicted molar refractivity (Wildman–Crippen MR) is 122 cm³/mol. The van der Waals surface area contributed by atoms with Crippen molar-refractivity contribution in [2.24, 2.45) is 0 Å². The third-order valence-electron chi connectivity index (χ3n) is 5.71. The maximum absolute atomic E-state index is 13.4. The van der Waals surface area contributed by atoms with Gasteiger partial charge in [-0.3, -0.25) is 14.5 Å². The van der Waals surface area contributed by atoms with E-state index in [0.29, 0.717) is 62.8 Å². The van der Waals surface area contributed by atoms with Crippen LogP contribution in [0.15, 0.2) is 41.6 Å². The van der Waals surface area contributed by atoms with Crippen LogP contribution in [-0.2, 0) is 9.59 Å². The molecule has 0 bridgehead atoms. The molecule has 0 saturated heterocycles. The zero-order valence-corrected chi connectivity index (χ0v) is 19.3. The first-order valence-electron chi connectivity index (χ1n) is 9.81. The highest BCUT2D eigenvalue weighted by Crippen LogP contribution is 2.48. The summed E-state index contributed by atoms with van der Waals surface area (Å²) in [5, 5.41) is 1.28. The summed E-state index contributed by atoms with van der Waals surface area (Å²) in [6.07, 6.45) is 1.78. The summed E-state index contributed by atoms with van der Waals surface area (Å²) in [7, 11) is 3.02. The molecule has 5 nitrogen and oxygen atoms in total. The summed E-state index contributed by atoms with van der Waals surface area (Å²) in [5.41, 5.74) is 2.50. The first-order valence-corrected chi connectivity index (χ1v) is 10.9. The number of hydrogen-bond donors (Lipinski definition) is 0. The molecule has 0 N–H and O–H groups in total. The maximum atomic E-state index is 13.4. The molecule has 1 heterocycles. The van der Waals surface area contributed by atoms with E-state index >= 15 is 0 Å². The lowest BCUT2D eigenvalue weighted by Crippen LogP contribution is -2.40. The molecule has 2 aromatic carbocycles. The molecule has 1 amide bonds. The van der Waals surface area contributed by atoms with Gasteiger partial charge >= 0.3 is 0 Å². The van der Waals surface area contributed by atoms with Crippen molar-refractivity contribution in [3.05, 3.63) is 62.2 Å². The highest BCUT2D eigenvalue weighted by Gasteiger charge is 2.41. The fraction of sp³-hybridized carbons (Fsp3) is 0.304. The zero-order valence-electron chi connectivity index (χ0n) is 17.0. The number of halogens is 3. The summed E-state index contributed by atoms with van der Waals surface area (Å²) < 4.78 is 10.8. The minimum Gasteiger partial charge on any atom is -0.495 e. The molecular formula is C23H20Cl3NO4. The van der Waals surface area contributed by atoms with Crippen molar-refractivity contribution < 1.29 is 19.1 Å². The number of hydrogen-bond acceptors (Lipinski definition) is 4. The molecule has 2 aromatic rings. The molecule has 162 valence electrons. The van der Waals surface area contributed by atoms with Crippen molar-refractivity contribution in [1.82, 2.24) is 0 Å². The third-order valence-corrected chi connectivity index (χ3v) is 6.57. The molecule has 0 radical (unpaired) electrons. The van der Waals surface area contributed by atoms with E-state index < -0.39 is 5.92 Å². The van der Waals surface area contributed by atoms with Crippen LogP contribution >= 0.6 is 34.8 Å². The highest BCUT2D eigenvalue weighted by molar-refractivity contribution is 6.35. The van der Waals surface area contributed by atoms with Crippen LogP contribution in [0, 0.1) is 0 Å². The van der Waals surface area contributed by atoms with Crippen molar-refractivity contribution in [2.45, 2.75) is 31.6 Å². The van der Waals surface area contributed by atoms with Crippen LogP contribution in [0.2, 0.25) is 15.1 Å². The molecule has 0 aromatic heterocycles. The van der Waals surface area contributed by atoms with E-state index in [1.54, 1.807) is 35.2 Å². The van der Waals surface area contributed by atoms with E-state index in [2.05, 4.69) is 0 Å². The second kappa shape index (κ2) is 8.73. The molecular weight excluding hydrogens is 461 g/mol. The smallest absolute Gasteiger partial charge is 0.232 e. The molecule has 0 saturated carbocycles. The summed E-state index contributed by atoms with van der Waals surface area (Å²) >= 11 is 18.9. The van der Waals surface area contributed by atoms with Crippen molar-refractivity contribution in [3.63, 3.8) is 0 Å². The van der Waals surface area contributed by atoms with Crippen molar-refractivity contribution >= 4 is 52.2 Å². The number of methoxy groups -OCH3 is 2. The van der Waals surface area contributed by atoms with E-state index in [9.17, 15) is 9.59 Å². The Balaban J connectivity index is 1.91. The van der Waals surface area contributed by atoms with E-state index in [0.717, 1.165) is 5.56 Å². The van der Waals surface area contributed by atoms with Gasteiger partial charge < -0.3 is 9.47 Å². The van der Waals surface area contributed by atoms with Gasteiger partial charge in [-0.15, -0.1) is 0 Å². The Labute approximate surface area is 195 Å². The largest absolute Gasteiger partial charge is 0.495 e. The highest BCUT2D eigenvalue weighted by atomic mass is 35.5. The normalized spacial score (nSPS) is 18.9. The SMILES string of the molecule is COc1cc(OC)c(N2C(=O)CC(c3ccc(Cl)cc3Cl)C3=C2CCCC3=O)cc1Cl. The number of carbonyl (C=O) groups excluding carboxylic acids is 2. The Kier molecular flexibility index (Phi) is 6.20. The van der Waals surface area contributed by atoms with Crippen LogP contribution in [-0.4, -0.2) is 25.9 Å². The average molecular weight is 481 g/mol. The molecule has 2 aliphatic rings. The van der Waals surface area contributed by atoms with E-state index in [-0.39, 0.29) is 18.1 Å². The average Bonchev–Trinajstić information content (AvgIpc) is 2.73. The van der Waals surface area contributed by atoms with Gasteiger partial charge in [-0.05, 0) is 36.6 Å². The van der Waals surface area contributed by atoms with Crippen LogP contribution in [0.25, 0.3) is 0 Å². The lowest BCUT2D eigenvalue weighted by molar-refractivity contribution is -0.119. The van der Waals surface area contributed by atoms with Crippen LogP contribution in [0.3, 0.4) is 0 Å². The lowest BCUT2D eigenvalue weighted by atomic mass is 9.77. The van der Waals surface area contributed by atoms with Crippen LogP contribution in [0.1, 0.15) is 37.2 Å². The van der Waals surface area contributed by atoms with Gasteiger partial charge in [0, 0.05) is 46.1 Å². The topological polar surface area (TPSA) is 55.8 Å². The third kappa shape index (κ3) is 3.91. The van der Waals surface area contributed by atoms with Gasteiger partial charge in [-0.1, -0.05) is 40.9 Å². The Hall–Kier alpha value is -2.21. The zero-order chi connectivity index (χ0) is 22.3. The van der Waals surface area contributed by atoms with Crippen LogP contribution in [0.5, 0.6) is 11.5 Å². The molecule has 0 fully saturated rings. The molecule has 4 rings (SSSR count). The molecule has 8 heteroatoms. The first-order chi connectivity index (χ1) is 14.8. The molecule has 1 atom stereocenters. The Bertz CT molecular complexity index is 1110. The van der Waals surface area contributed by atoms with E-state index in [1.165, 1.54) is 14.2 Å². The summed E-state index contributed by atoms with van der Waals surface area (Å²) in [6.45, 7) is 0. The number of ketones is 1. The Morgan fingerprint density at radius 1 is 0.935 bits per heavy atom. The van der Waals surface area contributed by atoms with E-state index in [4.69, 9.17) is 44.3 Å². The fourth-order valence-electron chi connectivity index (χ4n) is 4.34. The van der Waals surface area contributed by atoms with Crippen molar-refractivity contribution in [1.29, 1.82) is 0 Å². The van der Waals surface area contributed by atoms with Crippen LogP contribution < -0.4 is 14.4 Å². The molecule has 0 spiro atoms. The molecule has 1 unspecified atom stereocenters. The Morgan fingerprint density at radius 3 is 2.35 bits per heavy atom. The fourth-order valence-corrected chi connectivity index (χ4v) is 5.12. The number of benzene rings is 2. The van der Waals surface area contributed by atoms with Gasteiger partial charge in [0.1, 0.15) is 11.5 Å².